The van der Waals surface area contributed by atoms with Crippen molar-refractivity contribution < 1.29 is 19.1 Å². The zero-order valence-corrected chi connectivity index (χ0v) is 14.8. The quantitative estimate of drug-likeness (QED) is 0.606. The van der Waals surface area contributed by atoms with Gasteiger partial charge in [-0.25, -0.2) is 0 Å². The molecule has 0 saturated heterocycles. The van der Waals surface area contributed by atoms with E-state index in [0.29, 0.717) is 11.6 Å². The Hall–Kier alpha value is -2.63. The van der Waals surface area contributed by atoms with Crippen LogP contribution in [0.15, 0.2) is 30.3 Å². The molecule has 134 valence electrons. The Morgan fingerprint density at radius 2 is 1.88 bits per heavy atom. The van der Waals surface area contributed by atoms with Crippen LogP contribution in [-0.2, 0) is 14.3 Å². The zero-order valence-electron chi connectivity index (χ0n) is 14.8. The van der Waals surface area contributed by atoms with Crippen molar-refractivity contribution in [2.24, 2.45) is 0 Å². The Labute approximate surface area is 147 Å². The maximum absolute atomic E-state index is 12.3. The number of amides is 2. The van der Waals surface area contributed by atoms with E-state index in [9.17, 15) is 14.4 Å². The highest BCUT2D eigenvalue weighted by Gasteiger charge is 2.23. The number of benzene rings is 1. The van der Waals surface area contributed by atoms with Gasteiger partial charge in [0.2, 0.25) is 5.91 Å². The number of carbonyl (C=O) groups is 3. The van der Waals surface area contributed by atoms with Gasteiger partial charge in [-0.2, -0.15) is 0 Å². The van der Waals surface area contributed by atoms with E-state index < -0.39 is 5.97 Å². The van der Waals surface area contributed by atoms with Crippen LogP contribution in [0.4, 0.5) is 0 Å². The topological polar surface area (TPSA) is 75.7 Å². The number of hydrogen-bond acceptors (Lipinski definition) is 4. The molecule has 1 saturated carbocycles. The highest BCUT2D eigenvalue weighted by atomic mass is 16.5. The summed E-state index contributed by atoms with van der Waals surface area (Å²) in [5, 5.41) is 2.93. The van der Waals surface area contributed by atoms with E-state index >= 15 is 0 Å². The Balaban J connectivity index is 1.97. The van der Waals surface area contributed by atoms with E-state index in [2.05, 4.69) is 10.1 Å². The maximum atomic E-state index is 12.3. The van der Waals surface area contributed by atoms with E-state index in [4.69, 9.17) is 0 Å². The van der Waals surface area contributed by atoms with Crippen LogP contribution in [0.5, 0.6) is 0 Å². The zero-order chi connectivity index (χ0) is 18.4. The summed E-state index contributed by atoms with van der Waals surface area (Å²) in [7, 11) is 1.29. The number of esters is 1. The van der Waals surface area contributed by atoms with Gasteiger partial charge in [0.25, 0.3) is 5.91 Å². The third-order valence-electron chi connectivity index (χ3n) is 3.94. The summed E-state index contributed by atoms with van der Waals surface area (Å²) in [4.78, 5) is 37.1. The highest BCUT2D eigenvalue weighted by molar-refractivity contribution is 5.96. The molecule has 25 heavy (non-hydrogen) atoms. The number of hydrogen-bond donors (Lipinski definition) is 1. The van der Waals surface area contributed by atoms with Gasteiger partial charge in [0.05, 0.1) is 7.11 Å². The van der Waals surface area contributed by atoms with E-state index in [1.165, 1.54) is 18.1 Å². The van der Waals surface area contributed by atoms with Crippen molar-refractivity contribution >= 4 is 23.9 Å². The number of ether oxygens (including phenoxy) is 1. The molecule has 1 fully saturated rings. The van der Waals surface area contributed by atoms with Gasteiger partial charge in [0, 0.05) is 23.7 Å². The lowest BCUT2D eigenvalue weighted by atomic mass is 10.1. The minimum atomic E-state index is -0.457. The first-order valence-electron chi connectivity index (χ1n) is 8.37. The lowest BCUT2D eigenvalue weighted by Gasteiger charge is -2.24. The van der Waals surface area contributed by atoms with Crippen LogP contribution in [0, 0.1) is 0 Å². The highest BCUT2D eigenvalue weighted by Crippen LogP contribution is 2.19. The molecule has 1 aromatic rings. The molecule has 6 nitrogen and oxygen atoms in total. The average molecular weight is 344 g/mol. The van der Waals surface area contributed by atoms with Gasteiger partial charge in [-0.1, -0.05) is 12.1 Å². The lowest BCUT2D eigenvalue weighted by molar-refractivity contribution is -0.146. The monoisotopic (exact) mass is 344 g/mol. The molecule has 6 heteroatoms. The van der Waals surface area contributed by atoms with Crippen molar-refractivity contribution in [1.82, 2.24) is 10.2 Å². The first-order chi connectivity index (χ1) is 11.9. The van der Waals surface area contributed by atoms with Crippen LogP contribution in [0.3, 0.4) is 0 Å². The van der Waals surface area contributed by atoms with Crippen molar-refractivity contribution in [1.29, 1.82) is 0 Å². The molecule has 0 aromatic heterocycles. The number of nitrogens with one attached hydrogen (secondary N) is 1. The summed E-state index contributed by atoms with van der Waals surface area (Å²) in [5.41, 5.74) is 1.41. The third-order valence-corrected chi connectivity index (χ3v) is 3.94. The second-order valence-corrected chi connectivity index (χ2v) is 6.34. The summed E-state index contributed by atoms with van der Waals surface area (Å²) in [6.07, 6.45) is 5.18. The molecule has 0 heterocycles. The predicted octanol–water partition coefficient (Wildman–Crippen LogP) is 2.00. The fraction of sp³-hybridized carbons (Fsp3) is 0.421. The third kappa shape index (κ3) is 5.74. The maximum Gasteiger partial charge on any atom is 0.325 e. The van der Waals surface area contributed by atoms with Crippen LogP contribution >= 0.6 is 0 Å². The van der Waals surface area contributed by atoms with Crippen LogP contribution in [0.1, 0.15) is 42.6 Å². The molecule has 0 radical (unpaired) electrons. The fourth-order valence-corrected chi connectivity index (χ4v) is 2.22. The summed E-state index contributed by atoms with van der Waals surface area (Å²) in [6, 6.07) is 7.23. The first kappa shape index (κ1) is 18.7. The number of rotatable bonds is 7. The second-order valence-electron chi connectivity index (χ2n) is 6.34. The SMILES string of the molecule is COC(=O)CN(C(=O)/C=C/c1ccc(C(=O)NC2CC2)cc1)C(C)C. The van der Waals surface area contributed by atoms with Gasteiger partial charge < -0.3 is 15.0 Å². The predicted molar refractivity (Wildman–Crippen MR) is 94.8 cm³/mol. The largest absolute Gasteiger partial charge is 0.468 e. The van der Waals surface area contributed by atoms with Crippen molar-refractivity contribution in [3.05, 3.63) is 41.5 Å². The van der Waals surface area contributed by atoms with Crippen LogP contribution in [-0.4, -0.2) is 48.4 Å². The molecule has 0 atom stereocenters. The molecule has 0 aliphatic heterocycles. The molecule has 2 rings (SSSR count). The van der Waals surface area contributed by atoms with Crippen molar-refractivity contribution in [3.63, 3.8) is 0 Å². The van der Waals surface area contributed by atoms with E-state index in [-0.39, 0.29) is 24.4 Å². The summed E-state index contributed by atoms with van der Waals surface area (Å²) in [6.45, 7) is 3.58. The van der Waals surface area contributed by atoms with E-state index in [1.54, 1.807) is 30.3 Å². The molecule has 0 unspecified atom stereocenters. The minimum Gasteiger partial charge on any atom is -0.468 e. The first-order valence-corrected chi connectivity index (χ1v) is 8.37. The van der Waals surface area contributed by atoms with Crippen LogP contribution < -0.4 is 5.32 Å². The molecule has 0 spiro atoms. The number of carbonyl (C=O) groups excluding carboxylic acids is 3. The van der Waals surface area contributed by atoms with E-state index in [1.807, 2.05) is 13.8 Å². The molecule has 2 amide bonds. The smallest absolute Gasteiger partial charge is 0.325 e. The van der Waals surface area contributed by atoms with Crippen LogP contribution in [0.25, 0.3) is 6.08 Å². The summed E-state index contributed by atoms with van der Waals surface area (Å²) >= 11 is 0. The molecule has 1 aliphatic rings. The van der Waals surface area contributed by atoms with Crippen molar-refractivity contribution in [2.75, 3.05) is 13.7 Å². The summed E-state index contributed by atoms with van der Waals surface area (Å²) < 4.78 is 4.62. The fourth-order valence-electron chi connectivity index (χ4n) is 2.22. The van der Waals surface area contributed by atoms with Crippen molar-refractivity contribution in [2.45, 2.75) is 38.8 Å². The standard InChI is InChI=1S/C19H24N2O4/c1-13(2)21(12-18(23)25-3)17(22)11-6-14-4-7-15(8-5-14)19(24)20-16-9-10-16/h4-8,11,13,16H,9-10,12H2,1-3H3,(H,20,24)/b11-6+. The lowest BCUT2D eigenvalue weighted by Crippen LogP contribution is -2.40. The number of methoxy groups -OCH3 is 1. The van der Waals surface area contributed by atoms with Gasteiger partial charge in [0.1, 0.15) is 6.54 Å². The summed E-state index contributed by atoms with van der Waals surface area (Å²) in [5.74, 6) is -0.796. The average Bonchev–Trinajstić information content (AvgIpc) is 3.41. The van der Waals surface area contributed by atoms with Crippen LogP contribution in [0.2, 0.25) is 0 Å². The Morgan fingerprint density at radius 1 is 1.24 bits per heavy atom. The minimum absolute atomic E-state index is 0.0711. The van der Waals surface area contributed by atoms with Gasteiger partial charge in [-0.05, 0) is 50.5 Å². The molecular formula is C19H24N2O4. The molecule has 1 N–H and O–H groups in total. The Bertz CT molecular complexity index is 661. The van der Waals surface area contributed by atoms with Gasteiger partial charge in [-0.15, -0.1) is 0 Å². The van der Waals surface area contributed by atoms with Gasteiger partial charge in [0.15, 0.2) is 0 Å². The van der Waals surface area contributed by atoms with Gasteiger partial charge >= 0.3 is 5.97 Å². The number of nitrogens with zero attached hydrogens (tertiary/aromatic N) is 1. The van der Waals surface area contributed by atoms with E-state index in [0.717, 1.165) is 18.4 Å². The van der Waals surface area contributed by atoms with Crippen molar-refractivity contribution in [3.8, 4) is 0 Å². The molecule has 1 aromatic carbocycles. The molecule has 1 aliphatic carbocycles. The Morgan fingerprint density at radius 3 is 2.40 bits per heavy atom. The second kappa shape index (κ2) is 8.46. The Kier molecular flexibility index (Phi) is 6.33. The normalized spacial score (nSPS) is 13.8. The molecule has 0 bridgehead atoms. The van der Waals surface area contributed by atoms with Gasteiger partial charge in [-0.3, -0.25) is 14.4 Å². The molecular weight excluding hydrogens is 320 g/mol.